The van der Waals surface area contributed by atoms with Crippen molar-refractivity contribution >= 4 is 0 Å². The summed E-state index contributed by atoms with van der Waals surface area (Å²) in [7, 11) is 2.02. The van der Waals surface area contributed by atoms with Crippen molar-refractivity contribution in [3.8, 4) is 0 Å². The lowest BCUT2D eigenvalue weighted by atomic mass is 9.83. The van der Waals surface area contributed by atoms with Crippen molar-refractivity contribution in [3.05, 3.63) is 17.5 Å². The van der Waals surface area contributed by atoms with Gasteiger partial charge in [-0.1, -0.05) is 34.6 Å². The van der Waals surface area contributed by atoms with Gasteiger partial charge in [0.15, 0.2) is 0 Å². The highest BCUT2D eigenvalue weighted by Gasteiger charge is 2.51. The molecule has 84 valence electrons. The highest BCUT2D eigenvalue weighted by molar-refractivity contribution is 5.36. The molecule has 0 spiro atoms. The molecular weight excluding hydrogens is 184 g/mol. The highest BCUT2D eigenvalue weighted by atomic mass is 15.3. The maximum atomic E-state index is 4.68. The Hall–Kier alpha value is -0.790. The standard InChI is InChI=1S/C13H22N2/c1-9-7-13(9,5)11-10(12(2,3)4)8-15(6)14-11/h8-9H,7H2,1-6H3. The molecule has 0 N–H and O–H groups in total. The van der Waals surface area contributed by atoms with Gasteiger partial charge < -0.3 is 0 Å². The predicted octanol–water partition coefficient (Wildman–Crippen LogP) is 3.02. The van der Waals surface area contributed by atoms with Crippen LogP contribution in [0.25, 0.3) is 0 Å². The molecule has 1 heterocycles. The Balaban J connectivity index is 2.48. The van der Waals surface area contributed by atoms with Crippen LogP contribution in [0.3, 0.4) is 0 Å². The van der Waals surface area contributed by atoms with Gasteiger partial charge in [-0.15, -0.1) is 0 Å². The van der Waals surface area contributed by atoms with Crippen LogP contribution in [0.4, 0.5) is 0 Å². The molecule has 1 aliphatic rings. The van der Waals surface area contributed by atoms with E-state index >= 15 is 0 Å². The molecule has 2 atom stereocenters. The average molecular weight is 206 g/mol. The normalized spacial score (nSPS) is 30.7. The topological polar surface area (TPSA) is 17.8 Å². The number of aromatic nitrogens is 2. The van der Waals surface area contributed by atoms with E-state index in [2.05, 4.69) is 45.9 Å². The number of rotatable bonds is 1. The summed E-state index contributed by atoms with van der Waals surface area (Å²) < 4.78 is 1.96. The Morgan fingerprint density at radius 3 is 2.40 bits per heavy atom. The number of hydrogen-bond acceptors (Lipinski definition) is 1. The van der Waals surface area contributed by atoms with E-state index in [1.807, 2.05) is 11.7 Å². The molecule has 0 aliphatic heterocycles. The summed E-state index contributed by atoms with van der Waals surface area (Å²) in [6, 6.07) is 0. The van der Waals surface area contributed by atoms with Gasteiger partial charge in [0.05, 0.1) is 5.69 Å². The zero-order valence-electron chi connectivity index (χ0n) is 10.8. The molecule has 1 saturated carbocycles. The van der Waals surface area contributed by atoms with E-state index in [4.69, 9.17) is 0 Å². The molecule has 0 saturated heterocycles. The molecule has 1 fully saturated rings. The van der Waals surface area contributed by atoms with Gasteiger partial charge in [-0.05, 0) is 23.3 Å². The van der Waals surface area contributed by atoms with Gasteiger partial charge in [-0.25, -0.2) is 0 Å². The van der Waals surface area contributed by atoms with E-state index in [1.165, 1.54) is 17.7 Å². The molecule has 2 rings (SSSR count). The van der Waals surface area contributed by atoms with E-state index in [9.17, 15) is 0 Å². The zero-order chi connectivity index (χ0) is 11.4. The van der Waals surface area contributed by atoms with Gasteiger partial charge in [0.25, 0.3) is 0 Å². The van der Waals surface area contributed by atoms with Crippen LogP contribution < -0.4 is 0 Å². The first-order chi connectivity index (χ1) is 6.75. The van der Waals surface area contributed by atoms with Crippen LogP contribution in [0, 0.1) is 5.92 Å². The summed E-state index contributed by atoms with van der Waals surface area (Å²) >= 11 is 0. The van der Waals surface area contributed by atoms with Crippen molar-refractivity contribution < 1.29 is 0 Å². The zero-order valence-corrected chi connectivity index (χ0v) is 10.8. The minimum Gasteiger partial charge on any atom is -0.275 e. The minimum atomic E-state index is 0.203. The molecule has 0 amide bonds. The van der Waals surface area contributed by atoms with Crippen molar-refractivity contribution in [3.63, 3.8) is 0 Å². The molecule has 0 radical (unpaired) electrons. The average Bonchev–Trinajstić information content (AvgIpc) is 2.55. The summed E-state index contributed by atoms with van der Waals surface area (Å²) in [5, 5.41) is 4.68. The van der Waals surface area contributed by atoms with Gasteiger partial charge in [-0.2, -0.15) is 5.10 Å². The smallest absolute Gasteiger partial charge is 0.0723 e. The molecule has 15 heavy (non-hydrogen) atoms. The summed E-state index contributed by atoms with van der Waals surface area (Å²) in [6.45, 7) is 11.5. The Labute approximate surface area is 92.7 Å². The summed E-state index contributed by atoms with van der Waals surface area (Å²) in [5.74, 6) is 0.786. The maximum Gasteiger partial charge on any atom is 0.0723 e. The van der Waals surface area contributed by atoms with Crippen molar-refractivity contribution in [2.75, 3.05) is 0 Å². The Morgan fingerprint density at radius 2 is 2.00 bits per heavy atom. The van der Waals surface area contributed by atoms with E-state index in [0.29, 0.717) is 5.41 Å². The number of nitrogens with zero attached hydrogens (tertiary/aromatic N) is 2. The first kappa shape index (κ1) is 10.7. The van der Waals surface area contributed by atoms with Crippen molar-refractivity contribution in [1.82, 2.24) is 9.78 Å². The van der Waals surface area contributed by atoms with Gasteiger partial charge in [0.2, 0.25) is 0 Å². The van der Waals surface area contributed by atoms with Crippen LogP contribution in [0.15, 0.2) is 6.20 Å². The Bertz CT molecular complexity index is 384. The molecule has 2 heteroatoms. The van der Waals surface area contributed by atoms with Gasteiger partial charge in [-0.3, -0.25) is 4.68 Å². The molecule has 1 aromatic rings. The largest absolute Gasteiger partial charge is 0.275 e. The lowest BCUT2D eigenvalue weighted by molar-refractivity contribution is 0.561. The summed E-state index contributed by atoms with van der Waals surface area (Å²) in [5.41, 5.74) is 3.28. The quantitative estimate of drug-likeness (QED) is 0.690. The first-order valence-electron chi connectivity index (χ1n) is 5.80. The van der Waals surface area contributed by atoms with Crippen LogP contribution in [-0.4, -0.2) is 9.78 Å². The van der Waals surface area contributed by atoms with Crippen LogP contribution in [0.5, 0.6) is 0 Å². The van der Waals surface area contributed by atoms with Crippen molar-refractivity contribution in [2.45, 2.75) is 51.9 Å². The lowest BCUT2D eigenvalue weighted by Crippen LogP contribution is -2.17. The first-order valence-corrected chi connectivity index (χ1v) is 5.80. The molecular formula is C13H22N2. The third-order valence-electron chi connectivity index (χ3n) is 3.84. The van der Waals surface area contributed by atoms with E-state index in [0.717, 1.165) is 5.92 Å². The fourth-order valence-corrected chi connectivity index (χ4v) is 2.37. The SMILES string of the molecule is CC1CC1(C)c1nn(C)cc1C(C)(C)C. The molecule has 1 aromatic heterocycles. The fraction of sp³-hybridized carbons (Fsp3) is 0.769. The second-order valence-electron chi connectivity index (χ2n) is 6.34. The molecule has 2 unspecified atom stereocenters. The van der Waals surface area contributed by atoms with Gasteiger partial charge in [0.1, 0.15) is 0 Å². The third kappa shape index (κ3) is 1.60. The van der Waals surface area contributed by atoms with Gasteiger partial charge >= 0.3 is 0 Å². The molecule has 2 nitrogen and oxygen atoms in total. The van der Waals surface area contributed by atoms with Crippen LogP contribution in [0.1, 0.15) is 52.3 Å². The maximum absolute atomic E-state index is 4.68. The van der Waals surface area contributed by atoms with E-state index in [1.54, 1.807) is 0 Å². The lowest BCUT2D eigenvalue weighted by Gasteiger charge is -2.21. The predicted molar refractivity (Wildman–Crippen MR) is 63.0 cm³/mol. The second-order valence-corrected chi connectivity index (χ2v) is 6.34. The fourth-order valence-electron chi connectivity index (χ4n) is 2.37. The second kappa shape index (κ2) is 2.87. The highest BCUT2D eigenvalue weighted by Crippen LogP contribution is 2.54. The van der Waals surface area contributed by atoms with E-state index < -0.39 is 0 Å². The third-order valence-corrected chi connectivity index (χ3v) is 3.84. The molecule has 1 aliphatic carbocycles. The molecule has 0 aromatic carbocycles. The monoisotopic (exact) mass is 206 g/mol. The van der Waals surface area contributed by atoms with Crippen LogP contribution >= 0.6 is 0 Å². The van der Waals surface area contributed by atoms with Crippen molar-refractivity contribution in [1.29, 1.82) is 0 Å². The van der Waals surface area contributed by atoms with Crippen LogP contribution in [0.2, 0.25) is 0 Å². The van der Waals surface area contributed by atoms with E-state index in [-0.39, 0.29) is 5.41 Å². The van der Waals surface area contributed by atoms with Crippen molar-refractivity contribution in [2.24, 2.45) is 13.0 Å². The minimum absolute atomic E-state index is 0.203. The Morgan fingerprint density at radius 1 is 1.47 bits per heavy atom. The Kier molecular flexibility index (Phi) is 2.05. The number of aryl methyl sites for hydroxylation is 1. The molecule has 0 bridgehead atoms. The van der Waals surface area contributed by atoms with Crippen LogP contribution in [-0.2, 0) is 17.9 Å². The summed E-state index contributed by atoms with van der Waals surface area (Å²) in [4.78, 5) is 0. The number of hydrogen-bond donors (Lipinski definition) is 0. The van der Waals surface area contributed by atoms with Gasteiger partial charge in [0, 0.05) is 18.7 Å². The summed E-state index contributed by atoms with van der Waals surface area (Å²) in [6.07, 6.45) is 3.47.